The largest absolute Gasteiger partial charge is 0.337 e. The predicted molar refractivity (Wildman–Crippen MR) is 78.8 cm³/mol. The van der Waals surface area contributed by atoms with Gasteiger partial charge < -0.3 is 5.32 Å². The highest BCUT2D eigenvalue weighted by atomic mass is 32.1. The maximum absolute atomic E-state index is 11.6. The Bertz CT molecular complexity index is 565. The van der Waals surface area contributed by atoms with E-state index in [1.54, 1.807) is 0 Å². The monoisotopic (exact) mass is 275 g/mol. The molecule has 0 aliphatic carbocycles. The zero-order valence-corrected chi connectivity index (χ0v) is 11.9. The van der Waals surface area contributed by atoms with E-state index in [-0.39, 0.29) is 6.03 Å². The topological polar surface area (TPSA) is 54.0 Å². The second-order valence-corrected chi connectivity index (χ2v) is 5.27. The molecule has 0 unspecified atom stereocenters. The van der Waals surface area contributed by atoms with Gasteiger partial charge in [0.1, 0.15) is 0 Å². The standard InChI is InChI=1S/C14H17N3OS/c1-10-4-3-5-12(8-10)6-7-15-13(18)17-14-16-11(2)9-19-14/h3-5,8-9H,6-7H2,1-2H3,(H2,15,16,17,18). The maximum atomic E-state index is 11.6. The molecule has 0 aliphatic rings. The van der Waals surface area contributed by atoms with Crippen LogP contribution in [0.15, 0.2) is 29.6 Å². The molecule has 0 saturated carbocycles. The minimum absolute atomic E-state index is 0.206. The van der Waals surface area contributed by atoms with Crippen LogP contribution in [0.3, 0.4) is 0 Å². The van der Waals surface area contributed by atoms with E-state index >= 15 is 0 Å². The lowest BCUT2D eigenvalue weighted by molar-refractivity contribution is 0.252. The third-order valence-electron chi connectivity index (χ3n) is 2.62. The Morgan fingerprint density at radius 2 is 2.21 bits per heavy atom. The van der Waals surface area contributed by atoms with Crippen molar-refractivity contribution in [2.24, 2.45) is 0 Å². The van der Waals surface area contributed by atoms with E-state index in [4.69, 9.17) is 0 Å². The Balaban J connectivity index is 1.75. The van der Waals surface area contributed by atoms with Gasteiger partial charge in [-0.1, -0.05) is 29.8 Å². The van der Waals surface area contributed by atoms with Crippen molar-refractivity contribution in [3.05, 3.63) is 46.5 Å². The van der Waals surface area contributed by atoms with Crippen molar-refractivity contribution in [2.75, 3.05) is 11.9 Å². The quantitative estimate of drug-likeness (QED) is 0.900. The van der Waals surface area contributed by atoms with E-state index < -0.39 is 0 Å². The van der Waals surface area contributed by atoms with E-state index in [1.807, 2.05) is 18.4 Å². The molecule has 1 aromatic heterocycles. The molecule has 2 rings (SSSR count). The summed E-state index contributed by atoms with van der Waals surface area (Å²) < 4.78 is 0. The lowest BCUT2D eigenvalue weighted by atomic mass is 10.1. The zero-order valence-electron chi connectivity index (χ0n) is 11.1. The highest BCUT2D eigenvalue weighted by Crippen LogP contribution is 2.13. The van der Waals surface area contributed by atoms with Crippen molar-refractivity contribution < 1.29 is 4.79 Å². The molecule has 0 aliphatic heterocycles. The van der Waals surface area contributed by atoms with Crippen molar-refractivity contribution in [2.45, 2.75) is 20.3 Å². The summed E-state index contributed by atoms with van der Waals surface area (Å²) in [6, 6.07) is 8.08. The summed E-state index contributed by atoms with van der Waals surface area (Å²) in [5, 5.41) is 8.08. The van der Waals surface area contributed by atoms with Gasteiger partial charge in [-0.05, 0) is 25.8 Å². The highest BCUT2D eigenvalue weighted by Gasteiger charge is 2.04. The first-order valence-electron chi connectivity index (χ1n) is 6.16. The molecule has 19 heavy (non-hydrogen) atoms. The van der Waals surface area contributed by atoms with Crippen LogP contribution in [0.5, 0.6) is 0 Å². The molecule has 1 heterocycles. The molecule has 2 aromatic rings. The summed E-state index contributed by atoms with van der Waals surface area (Å²) in [5.41, 5.74) is 3.38. The molecule has 0 saturated heterocycles. The number of amides is 2. The lowest BCUT2D eigenvalue weighted by Crippen LogP contribution is -2.30. The van der Waals surface area contributed by atoms with Gasteiger partial charge in [-0.3, -0.25) is 5.32 Å². The average Bonchev–Trinajstić information content (AvgIpc) is 2.75. The Hall–Kier alpha value is -1.88. The van der Waals surface area contributed by atoms with Crippen LogP contribution in [0.25, 0.3) is 0 Å². The fourth-order valence-electron chi connectivity index (χ4n) is 1.74. The molecular weight excluding hydrogens is 258 g/mol. The van der Waals surface area contributed by atoms with Gasteiger partial charge >= 0.3 is 6.03 Å². The molecule has 0 radical (unpaired) electrons. The van der Waals surface area contributed by atoms with Gasteiger partial charge in [-0.25, -0.2) is 9.78 Å². The van der Waals surface area contributed by atoms with Crippen molar-refractivity contribution >= 4 is 22.5 Å². The first-order valence-corrected chi connectivity index (χ1v) is 7.04. The van der Waals surface area contributed by atoms with E-state index in [0.29, 0.717) is 11.7 Å². The van der Waals surface area contributed by atoms with Crippen molar-refractivity contribution in [3.8, 4) is 0 Å². The molecule has 1 aromatic carbocycles. The lowest BCUT2D eigenvalue weighted by Gasteiger charge is -2.06. The van der Waals surface area contributed by atoms with Crippen LogP contribution in [0, 0.1) is 13.8 Å². The third-order valence-corrected chi connectivity index (χ3v) is 3.50. The number of aromatic nitrogens is 1. The Kier molecular flexibility index (Phi) is 4.52. The predicted octanol–water partition coefficient (Wildman–Crippen LogP) is 3.12. The number of aryl methyl sites for hydroxylation is 2. The number of nitrogens with one attached hydrogen (secondary N) is 2. The molecule has 0 bridgehead atoms. The number of benzene rings is 1. The molecule has 0 fully saturated rings. The van der Waals surface area contributed by atoms with Crippen molar-refractivity contribution in [1.82, 2.24) is 10.3 Å². The zero-order chi connectivity index (χ0) is 13.7. The summed E-state index contributed by atoms with van der Waals surface area (Å²) in [4.78, 5) is 15.8. The number of carbonyl (C=O) groups excluding carboxylic acids is 1. The summed E-state index contributed by atoms with van der Waals surface area (Å²) in [6.45, 7) is 4.57. The highest BCUT2D eigenvalue weighted by molar-refractivity contribution is 7.13. The summed E-state index contributed by atoms with van der Waals surface area (Å²) in [7, 11) is 0. The first-order chi connectivity index (χ1) is 9.13. The molecule has 100 valence electrons. The van der Waals surface area contributed by atoms with E-state index in [9.17, 15) is 4.79 Å². The fraction of sp³-hybridized carbons (Fsp3) is 0.286. The first kappa shape index (κ1) is 13.5. The second kappa shape index (κ2) is 6.33. The van der Waals surface area contributed by atoms with Gasteiger partial charge in [0.2, 0.25) is 0 Å². The van der Waals surface area contributed by atoms with Crippen LogP contribution in [-0.4, -0.2) is 17.6 Å². The molecule has 0 atom stereocenters. The number of urea groups is 1. The van der Waals surface area contributed by atoms with E-state index in [1.165, 1.54) is 22.5 Å². The number of anilines is 1. The summed E-state index contributed by atoms with van der Waals surface area (Å²) in [6.07, 6.45) is 0.825. The molecular formula is C14H17N3OS. The average molecular weight is 275 g/mol. The Morgan fingerprint density at radius 3 is 2.89 bits per heavy atom. The van der Waals surface area contributed by atoms with Crippen molar-refractivity contribution in [3.63, 3.8) is 0 Å². The molecule has 5 heteroatoms. The number of carbonyl (C=O) groups is 1. The Labute approximate surface area is 116 Å². The van der Waals surface area contributed by atoms with Crippen LogP contribution in [0.2, 0.25) is 0 Å². The van der Waals surface area contributed by atoms with Crippen LogP contribution in [0.1, 0.15) is 16.8 Å². The molecule has 2 N–H and O–H groups in total. The normalized spacial score (nSPS) is 10.2. The minimum Gasteiger partial charge on any atom is -0.337 e. The SMILES string of the molecule is Cc1cccc(CCNC(=O)Nc2nc(C)cs2)c1. The van der Waals surface area contributed by atoms with Gasteiger partial charge in [-0.15, -0.1) is 11.3 Å². The van der Waals surface area contributed by atoms with Crippen LogP contribution in [0.4, 0.5) is 9.93 Å². The molecule has 2 amide bonds. The van der Waals surface area contributed by atoms with Gasteiger partial charge in [0.15, 0.2) is 5.13 Å². The number of rotatable bonds is 4. The van der Waals surface area contributed by atoms with Gasteiger partial charge in [0.05, 0.1) is 5.69 Å². The van der Waals surface area contributed by atoms with E-state index in [0.717, 1.165) is 12.1 Å². The number of nitrogens with zero attached hydrogens (tertiary/aromatic N) is 1. The van der Waals surface area contributed by atoms with Crippen LogP contribution >= 0.6 is 11.3 Å². The van der Waals surface area contributed by atoms with Gasteiger partial charge in [0.25, 0.3) is 0 Å². The number of thiazole rings is 1. The third kappa shape index (κ3) is 4.37. The Morgan fingerprint density at radius 1 is 1.37 bits per heavy atom. The second-order valence-electron chi connectivity index (χ2n) is 4.41. The summed E-state index contributed by atoms with van der Waals surface area (Å²) in [5.74, 6) is 0. The van der Waals surface area contributed by atoms with Crippen LogP contribution < -0.4 is 10.6 Å². The summed E-state index contributed by atoms with van der Waals surface area (Å²) >= 11 is 1.43. The van der Waals surface area contributed by atoms with E-state index in [2.05, 4.69) is 40.7 Å². The minimum atomic E-state index is -0.206. The maximum Gasteiger partial charge on any atom is 0.321 e. The molecule has 4 nitrogen and oxygen atoms in total. The van der Waals surface area contributed by atoms with Gasteiger partial charge in [0, 0.05) is 11.9 Å². The fourth-order valence-corrected chi connectivity index (χ4v) is 2.42. The van der Waals surface area contributed by atoms with Crippen molar-refractivity contribution in [1.29, 1.82) is 0 Å². The van der Waals surface area contributed by atoms with Crippen LogP contribution in [-0.2, 0) is 6.42 Å². The number of hydrogen-bond donors (Lipinski definition) is 2. The number of hydrogen-bond acceptors (Lipinski definition) is 3. The smallest absolute Gasteiger partial charge is 0.321 e. The molecule has 0 spiro atoms. The van der Waals surface area contributed by atoms with Gasteiger partial charge in [-0.2, -0.15) is 0 Å².